The van der Waals surface area contributed by atoms with Crippen LogP contribution in [-0.4, -0.2) is 26.6 Å². The van der Waals surface area contributed by atoms with Crippen LogP contribution < -0.4 is 13.8 Å². The van der Waals surface area contributed by atoms with Gasteiger partial charge in [0.1, 0.15) is 18.1 Å². The van der Waals surface area contributed by atoms with Gasteiger partial charge in [0.15, 0.2) is 11.5 Å². The van der Waals surface area contributed by atoms with Gasteiger partial charge in [-0.1, -0.05) is 6.07 Å². The van der Waals surface area contributed by atoms with Crippen molar-refractivity contribution in [1.82, 2.24) is 4.98 Å². The fraction of sp³-hybridized carbons (Fsp3) is 0.167. The van der Waals surface area contributed by atoms with E-state index >= 15 is 0 Å². The number of anilines is 1. The second-order valence-electron chi connectivity index (χ2n) is 5.61. The number of benzene rings is 1. The Morgan fingerprint density at radius 2 is 1.92 bits per heavy atom. The lowest BCUT2D eigenvalue weighted by Gasteiger charge is -2.26. The van der Waals surface area contributed by atoms with Crippen molar-refractivity contribution in [2.75, 3.05) is 17.5 Å². The van der Waals surface area contributed by atoms with Gasteiger partial charge in [0.05, 0.1) is 12.2 Å². The molecule has 6 nitrogen and oxygen atoms in total. The first kappa shape index (κ1) is 16.9. The van der Waals surface area contributed by atoms with Gasteiger partial charge >= 0.3 is 0 Å². The minimum Gasteiger partial charge on any atom is -0.486 e. The Kier molecular flexibility index (Phi) is 4.52. The lowest BCUT2D eigenvalue weighted by atomic mass is 10.2. The lowest BCUT2D eigenvalue weighted by Crippen LogP contribution is -2.30. The third-order valence-corrected chi connectivity index (χ3v) is 6.53. The fourth-order valence-corrected chi connectivity index (χ4v) is 4.85. The number of sulfonamides is 1. The van der Waals surface area contributed by atoms with Gasteiger partial charge in [-0.05, 0) is 35.7 Å². The topological polar surface area (TPSA) is 68.7 Å². The van der Waals surface area contributed by atoms with E-state index in [9.17, 15) is 8.42 Å². The molecule has 0 saturated carbocycles. The quantitative estimate of drug-likeness (QED) is 0.671. The van der Waals surface area contributed by atoms with Gasteiger partial charge in [-0.3, -0.25) is 9.29 Å². The molecule has 0 N–H and O–H groups in total. The molecule has 0 radical (unpaired) electrons. The molecule has 0 bridgehead atoms. The number of aromatic nitrogens is 1. The number of pyridine rings is 1. The van der Waals surface area contributed by atoms with Gasteiger partial charge in [0, 0.05) is 23.3 Å². The van der Waals surface area contributed by atoms with E-state index in [-0.39, 0.29) is 11.4 Å². The standard InChI is InChI=1S/C18H16N2O4S2/c21-26(22,16-4-1-7-19-12-16)20(13-15-3-2-10-25-15)14-5-6-17-18(11-14)24-9-8-23-17/h1-7,10-12H,8-9,13H2. The molecule has 0 fully saturated rings. The summed E-state index contributed by atoms with van der Waals surface area (Å²) in [5, 5.41) is 1.92. The maximum atomic E-state index is 13.2. The maximum absolute atomic E-state index is 13.2. The van der Waals surface area contributed by atoms with Crippen LogP contribution in [0.4, 0.5) is 5.69 Å². The zero-order valence-corrected chi connectivity index (χ0v) is 15.4. The summed E-state index contributed by atoms with van der Waals surface area (Å²) in [5.41, 5.74) is 0.520. The summed E-state index contributed by atoms with van der Waals surface area (Å²) >= 11 is 1.51. The van der Waals surface area contributed by atoms with Crippen LogP contribution in [0.15, 0.2) is 65.1 Å². The molecular formula is C18H16N2O4S2. The molecule has 0 spiro atoms. The van der Waals surface area contributed by atoms with Crippen LogP contribution in [-0.2, 0) is 16.6 Å². The molecule has 2 aromatic heterocycles. The largest absolute Gasteiger partial charge is 0.486 e. The Morgan fingerprint density at radius 1 is 1.08 bits per heavy atom. The van der Waals surface area contributed by atoms with E-state index in [0.29, 0.717) is 30.4 Å². The van der Waals surface area contributed by atoms with Crippen LogP contribution in [0.3, 0.4) is 0 Å². The van der Waals surface area contributed by atoms with Gasteiger partial charge in [-0.25, -0.2) is 8.42 Å². The Labute approximate surface area is 155 Å². The molecular weight excluding hydrogens is 372 g/mol. The molecule has 1 aliphatic rings. The normalized spacial score (nSPS) is 13.4. The molecule has 0 aliphatic carbocycles. The summed E-state index contributed by atoms with van der Waals surface area (Å²) in [6.45, 7) is 1.16. The molecule has 1 aliphatic heterocycles. The molecule has 134 valence electrons. The molecule has 26 heavy (non-hydrogen) atoms. The van der Waals surface area contributed by atoms with Crippen LogP contribution in [0.5, 0.6) is 11.5 Å². The Balaban J connectivity index is 1.78. The van der Waals surface area contributed by atoms with Crippen molar-refractivity contribution >= 4 is 27.0 Å². The first-order valence-corrected chi connectivity index (χ1v) is 10.3. The minimum absolute atomic E-state index is 0.145. The average Bonchev–Trinajstić information content (AvgIpc) is 3.20. The zero-order chi connectivity index (χ0) is 18.0. The van der Waals surface area contributed by atoms with Crippen molar-refractivity contribution in [2.45, 2.75) is 11.4 Å². The van der Waals surface area contributed by atoms with Gasteiger partial charge in [-0.2, -0.15) is 0 Å². The van der Waals surface area contributed by atoms with Crippen molar-refractivity contribution in [3.63, 3.8) is 0 Å². The smallest absolute Gasteiger partial charge is 0.266 e. The number of hydrogen-bond acceptors (Lipinski definition) is 6. The van der Waals surface area contributed by atoms with E-state index < -0.39 is 10.0 Å². The minimum atomic E-state index is -3.78. The zero-order valence-electron chi connectivity index (χ0n) is 13.7. The molecule has 0 saturated heterocycles. The summed E-state index contributed by atoms with van der Waals surface area (Å²) < 4.78 is 39.0. The SMILES string of the molecule is O=S(=O)(c1cccnc1)N(Cc1cccs1)c1ccc2c(c1)OCCO2. The number of nitrogens with zero attached hydrogens (tertiary/aromatic N) is 2. The van der Waals surface area contributed by atoms with Crippen molar-refractivity contribution in [3.05, 3.63) is 65.1 Å². The highest BCUT2D eigenvalue weighted by Gasteiger charge is 2.27. The highest BCUT2D eigenvalue weighted by molar-refractivity contribution is 7.92. The number of hydrogen-bond donors (Lipinski definition) is 0. The molecule has 0 unspecified atom stereocenters. The van der Waals surface area contributed by atoms with E-state index in [1.54, 1.807) is 36.5 Å². The summed E-state index contributed by atoms with van der Waals surface area (Å²) in [7, 11) is -3.78. The summed E-state index contributed by atoms with van der Waals surface area (Å²) in [6.07, 6.45) is 2.90. The third kappa shape index (κ3) is 3.25. The highest BCUT2D eigenvalue weighted by Crippen LogP contribution is 2.36. The average molecular weight is 388 g/mol. The van der Waals surface area contributed by atoms with E-state index in [1.165, 1.54) is 21.8 Å². The molecule has 3 heterocycles. The Morgan fingerprint density at radius 3 is 2.65 bits per heavy atom. The molecule has 4 rings (SSSR count). The second kappa shape index (κ2) is 6.97. The van der Waals surface area contributed by atoms with Crippen LogP contribution in [0.25, 0.3) is 0 Å². The fourth-order valence-electron chi connectivity index (χ4n) is 2.67. The maximum Gasteiger partial charge on any atom is 0.266 e. The van der Waals surface area contributed by atoms with Crippen molar-refractivity contribution in [2.24, 2.45) is 0 Å². The second-order valence-corrected chi connectivity index (χ2v) is 8.50. The van der Waals surface area contributed by atoms with Crippen LogP contribution >= 0.6 is 11.3 Å². The summed E-state index contributed by atoms with van der Waals surface area (Å²) in [5.74, 6) is 1.17. The Hall–Kier alpha value is -2.58. The predicted molar refractivity (Wildman–Crippen MR) is 99.4 cm³/mol. The van der Waals surface area contributed by atoms with Gasteiger partial charge in [-0.15, -0.1) is 11.3 Å². The van der Waals surface area contributed by atoms with Crippen LogP contribution in [0.1, 0.15) is 4.88 Å². The lowest BCUT2D eigenvalue weighted by molar-refractivity contribution is 0.171. The van der Waals surface area contributed by atoms with Crippen molar-refractivity contribution in [3.8, 4) is 11.5 Å². The monoisotopic (exact) mass is 388 g/mol. The molecule has 8 heteroatoms. The molecule has 0 amide bonds. The van der Waals surface area contributed by atoms with E-state index in [4.69, 9.17) is 9.47 Å². The van der Waals surface area contributed by atoms with Gasteiger partial charge in [0.25, 0.3) is 10.0 Å². The third-order valence-electron chi connectivity index (χ3n) is 3.92. The molecule has 1 aromatic carbocycles. The predicted octanol–water partition coefficient (Wildman–Crippen LogP) is 3.31. The van der Waals surface area contributed by atoms with Gasteiger partial charge < -0.3 is 9.47 Å². The first-order valence-electron chi connectivity index (χ1n) is 7.99. The summed E-state index contributed by atoms with van der Waals surface area (Å²) in [4.78, 5) is 5.03. The first-order chi connectivity index (χ1) is 12.6. The van der Waals surface area contributed by atoms with Crippen molar-refractivity contribution in [1.29, 1.82) is 0 Å². The number of thiophene rings is 1. The van der Waals surface area contributed by atoms with Crippen LogP contribution in [0, 0.1) is 0 Å². The summed E-state index contributed by atoms with van der Waals surface area (Å²) in [6, 6.07) is 12.1. The Bertz CT molecular complexity index is 989. The van der Waals surface area contributed by atoms with E-state index in [0.717, 1.165) is 4.88 Å². The molecule has 3 aromatic rings. The molecule has 0 atom stereocenters. The van der Waals surface area contributed by atoms with Crippen molar-refractivity contribution < 1.29 is 17.9 Å². The van der Waals surface area contributed by atoms with Gasteiger partial charge in [0.2, 0.25) is 0 Å². The highest BCUT2D eigenvalue weighted by atomic mass is 32.2. The number of fused-ring (bicyclic) bond motifs is 1. The van der Waals surface area contributed by atoms with Crippen LogP contribution in [0.2, 0.25) is 0 Å². The van der Waals surface area contributed by atoms with E-state index in [1.807, 2.05) is 17.5 Å². The van der Waals surface area contributed by atoms with E-state index in [2.05, 4.69) is 4.98 Å². The number of rotatable bonds is 5. The number of ether oxygens (including phenoxy) is 2.